The largest absolute Gasteiger partial charge is 0.486 e. The van der Waals surface area contributed by atoms with E-state index >= 15 is 4.39 Å². The second-order valence-electron chi connectivity index (χ2n) is 8.98. The Balaban J connectivity index is 1.46. The third kappa shape index (κ3) is 4.05. The van der Waals surface area contributed by atoms with Crippen LogP contribution in [0, 0.1) is 5.82 Å². The van der Waals surface area contributed by atoms with Crippen LogP contribution < -0.4 is 4.74 Å². The Morgan fingerprint density at radius 3 is 2.69 bits per heavy atom. The summed E-state index contributed by atoms with van der Waals surface area (Å²) in [6.07, 6.45) is 3.23. The quantitative estimate of drug-likeness (QED) is 0.380. The molecule has 0 N–H and O–H groups in total. The van der Waals surface area contributed by atoms with E-state index < -0.39 is 11.2 Å². The van der Waals surface area contributed by atoms with Gasteiger partial charge in [0, 0.05) is 49.4 Å². The van der Waals surface area contributed by atoms with Crippen molar-refractivity contribution in [3.8, 4) is 16.9 Å². The number of amides is 1. The van der Waals surface area contributed by atoms with Crippen molar-refractivity contribution in [3.63, 3.8) is 0 Å². The number of halogens is 1. The summed E-state index contributed by atoms with van der Waals surface area (Å²) in [4.78, 5) is 18.3. The predicted octanol–water partition coefficient (Wildman–Crippen LogP) is 3.29. The lowest BCUT2D eigenvalue weighted by atomic mass is 9.59. The Bertz CT molecular complexity index is 1470. The van der Waals surface area contributed by atoms with E-state index in [0.29, 0.717) is 29.0 Å². The number of pyridine rings is 1. The van der Waals surface area contributed by atoms with Crippen LogP contribution in [0.1, 0.15) is 28.5 Å². The molecule has 178 valence electrons. The number of methoxy groups -OCH3 is 1. The fourth-order valence-corrected chi connectivity index (χ4v) is 4.58. The molecule has 0 bridgehead atoms. The number of hydrogen-bond donors (Lipinski definition) is 0. The predicted molar refractivity (Wildman–Crippen MR) is 135 cm³/mol. The first-order chi connectivity index (χ1) is 17.2. The van der Waals surface area contributed by atoms with Crippen LogP contribution in [0.15, 0.2) is 54.9 Å². The Kier molecular flexibility index (Phi) is 6.08. The third-order valence-corrected chi connectivity index (χ3v) is 6.29. The second-order valence-corrected chi connectivity index (χ2v) is 8.98. The summed E-state index contributed by atoms with van der Waals surface area (Å²) in [5, 5.41) is 3.74. The molecule has 0 saturated carbocycles. The molecular formula is C26H23B2FN4O3. The van der Waals surface area contributed by atoms with Crippen molar-refractivity contribution in [2.75, 3.05) is 13.7 Å². The highest BCUT2D eigenvalue weighted by atomic mass is 19.1. The van der Waals surface area contributed by atoms with Crippen LogP contribution in [0.4, 0.5) is 4.39 Å². The van der Waals surface area contributed by atoms with Crippen molar-refractivity contribution in [3.05, 3.63) is 77.5 Å². The van der Waals surface area contributed by atoms with Gasteiger partial charge in [-0.25, -0.2) is 4.39 Å². The van der Waals surface area contributed by atoms with Crippen molar-refractivity contribution in [1.29, 1.82) is 0 Å². The van der Waals surface area contributed by atoms with E-state index in [1.54, 1.807) is 36.1 Å². The van der Waals surface area contributed by atoms with E-state index in [4.69, 9.17) is 25.2 Å². The number of nitrogens with zero attached hydrogens (tertiary/aromatic N) is 4. The van der Waals surface area contributed by atoms with Crippen molar-refractivity contribution in [1.82, 2.24) is 19.7 Å². The van der Waals surface area contributed by atoms with Gasteiger partial charge in [0.25, 0.3) is 5.91 Å². The monoisotopic (exact) mass is 480 g/mol. The number of aryl methyl sites for hydroxylation is 1. The van der Waals surface area contributed by atoms with Gasteiger partial charge < -0.3 is 14.4 Å². The fraction of sp³-hybridized carbons (Fsp3) is 0.269. The molecule has 0 aliphatic carbocycles. The van der Waals surface area contributed by atoms with Gasteiger partial charge in [-0.2, -0.15) is 5.10 Å². The van der Waals surface area contributed by atoms with Gasteiger partial charge in [0.1, 0.15) is 23.2 Å². The summed E-state index contributed by atoms with van der Waals surface area (Å²) in [7, 11) is 15.9. The lowest BCUT2D eigenvalue weighted by Crippen LogP contribution is -2.44. The summed E-state index contributed by atoms with van der Waals surface area (Å²) in [5.41, 5.74) is 3.02. The average molecular weight is 480 g/mol. The zero-order valence-electron chi connectivity index (χ0n) is 20.2. The number of benzene rings is 2. The van der Waals surface area contributed by atoms with Gasteiger partial charge in [0.05, 0.1) is 33.6 Å². The Morgan fingerprint density at radius 1 is 1.17 bits per heavy atom. The lowest BCUT2D eigenvalue weighted by Gasteiger charge is -2.33. The second kappa shape index (κ2) is 9.09. The van der Waals surface area contributed by atoms with Crippen LogP contribution in [-0.4, -0.2) is 61.1 Å². The molecule has 36 heavy (non-hydrogen) atoms. The molecule has 0 spiro atoms. The maximum absolute atomic E-state index is 15.3. The molecule has 7 nitrogen and oxygen atoms in total. The molecule has 1 aliphatic rings. The minimum Gasteiger partial charge on any atom is -0.486 e. The zero-order valence-corrected chi connectivity index (χ0v) is 20.2. The van der Waals surface area contributed by atoms with Crippen molar-refractivity contribution in [2.24, 2.45) is 7.05 Å². The highest BCUT2D eigenvalue weighted by molar-refractivity contribution is 6.42. The molecule has 0 unspecified atom stereocenters. The van der Waals surface area contributed by atoms with E-state index in [1.807, 2.05) is 32.3 Å². The SMILES string of the molecule is [B]C1([B])c2ncccc2C(=O)N1Cc1ccc(-c2ccc(O[C@@H](C)COC)c3nn(C)cc23)cc1F. The number of carbonyl (C=O) groups is 1. The van der Waals surface area contributed by atoms with Crippen molar-refractivity contribution in [2.45, 2.75) is 24.9 Å². The van der Waals surface area contributed by atoms with Crippen LogP contribution in [-0.2, 0) is 23.7 Å². The Morgan fingerprint density at radius 2 is 1.97 bits per heavy atom. The summed E-state index contributed by atoms with van der Waals surface area (Å²) in [6, 6.07) is 11.8. The van der Waals surface area contributed by atoms with E-state index in [-0.39, 0.29) is 29.8 Å². The van der Waals surface area contributed by atoms with Crippen LogP contribution in [0.3, 0.4) is 0 Å². The molecular weight excluding hydrogens is 457 g/mol. The lowest BCUT2D eigenvalue weighted by molar-refractivity contribution is 0.0729. The van der Waals surface area contributed by atoms with Gasteiger partial charge >= 0.3 is 0 Å². The Hall–Kier alpha value is -3.65. The summed E-state index contributed by atoms with van der Waals surface area (Å²) in [6.45, 7) is 2.26. The topological polar surface area (TPSA) is 69.5 Å². The van der Waals surface area contributed by atoms with Crippen molar-refractivity contribution >= 4 is 32.5 Å². The zero-order chi connectivity index (χ0) is 25.6. The smallest absolute Gasteiger partial charge is 0.255 e. The summed E-state index contributed by atoms with van der Waals surface area (Å²) in [5.74, 6) is -0.244. The number of aromatic nitrogens is 3. The van der Waals surface area contributed by atoms with E-state index in [0.717, 1.165) is 10.9 Å². The maximum Gasteiger partial charge on any atom is 0.255 e. The third-order valence-electron chi connectivity index (χ3n) is 6.29. The van der Waals surface area contributed by atoms with E-state index in [2.05, 4.69) is 10.1 Å². The van der Waals surface area contributed by atoms with Crippen LogP contribution >= 0.6 is 0 Å². The highest BCUT2D eigenvalue weighted by Crippen LogP contribution is 2.37. The van der Waals surface area contributed by atoms with Gasteiger partial charge in [-0.1, -0.05) is 12.1 Å². The molecule has 2 aromatic carbocycles. The van der Waals surface area contributed by atoms with Gasteiger partial charge in [-0.3, -0.25) is 14.5 Å². The van der Waals surface area contributed by atoms with Gasteiger partial charge in [0.2, 0.25) is 0 Å². The standard InChI is InChI=1S/C26H23B2FN4O3/c1-15(14-35-3)36-22-9-8-18(20-13-32(2)31-23(20)22)16-6-7-17(21(29)11-16)12-33-25(34)19-5-4-10-30-24(19)26(33,27)28/h4-11,13,15H,12,14H2,1-3H3/t15-/m0/s1. The summed E-state index contributed by atoms with van der Waals surface area (Å²) >= 11 is 0. The minimum atomic E-state index is -1.63. The molecule has 1 aliphatic heterocycles. The first kappa shape index (κ1) is 24.1. The van der Waals surface area contributed by atoms with Crippen molar-refractivity contribution < 1.29 is 18.7 Å². The molecule has 1 amide bonds. The number of ether oxygens (including phenoxy) is 2. The summed E-state index contributed by atoms with van der Waals surface area (Å²) < 4.78 is 28.2. The van der Waals surface area contributed by atoms with Crippen LogP contribution in [0.2, 0.25) is 0 Å². The van der Waals surface area contributed by atoms with Gasteiger partial charge in [0.15, 0.2) is 0 Å². The molecule has 5 rings (SSSR count). The van der Waals surface area contributed by atoms with E-state index in [9.17, 15) is 4.79 Å². The molecule has 10 heteroatoms. The number of carbonyl (C=O) groups excluding carboxylic acids is 1. The number of rotatable bonds is 7. The van der Waals surface area contributed by atoms with E-state index in [1.165, 1.54) is 17.2 Å². The van der Waals surface area contributed by atoms with Crippen LogP contribution in [0.5, 0.6) is 5.75 Å². The Labute approximate surface area is 211 Å². The first-order valence-corrected chi connectivity index (χ1v) is 11.5. The van der Waals surface area contributed by atoms with Gasteiger partial charge in [-0.05, 0) is 48.4 Å². The number of fused-ring (bicyclic) bond motifs is 2. The fourth-order valence-electron chi connectivity index (χ4n) is 4.58. The molecule has 0 saturated heterocycles. The first-order valence-electron chi connectivity index (χ1n) is 11.5. The molecule has 4 aromatic rings. The molecule has 2 aromatic heterocycles. The number of hydrogen-bond acceptors (Lipinski definition) is 5. The van der Waals surface area contributed by atoms with Gasteiger partial charge in [-0.15, -0.1) is 0 Å². The average Bonchev–Trinajstić information content (AvgIpc) is 3.32. The normalized spacial score (nSPS) is 15.3. The van der Waals surface area contributed by atoms with Crippen LogP contribution in [0.25, 0.3) is 22.0 Å². The highest BCUT2D eigenvalue weighted by Gasteiger charge is 2.43. The molecule has 3 heterocycles. The minimum absolute atomic E-state index is 0.0965. The molecule has 0 fully saturated rings. The maximum atomic E-state index is 15.3. The molecule has 1 atom stereocenters. The molecule has 4 radical (unpaired) electrons.